The summed E-state index contributed by atoms with van der Waals surface area (Å²) in [6.45, 7) is 3.62. The van der Waals surface area contributed by atoms with E-state index < -0.39 is 11.7 Å². The first-order chi connectivity index (χ1) is 17.3. The van der Waals surface area contributed by atoms with Gasteiger partial charge in [0.1, 0.15) is 11.6 Å². The molecular weight excluding hydrogens is 469 g/mol. The highest BCUT2D eigenvalue weighted by Crippen LogP contribution is 2.39. The molecule has 1 fully saturated rings. The lowest BCUT2D eigenvalue weighted by Crippen LogP contribution is -2.43. The number of hydrogen-bond donors (Lipinski definition) is 2. The maximum Gasteiger partial charge on any atom is 0.416 e. The number of alkyl halides is 3. The molecule has 7 nitrogen and oxygen atoms in total. The predicted octanol–water partition coefficient (Wildman–Crippen LogP) is 4.62. The van der Waals surface area contributed by atoms with Crippen LogP contribution in [-0.2, 0) is 6.18 Å². The standard InChI is InChI=1S/C26H25F3N6O/c1-36-23-16-18(34-13-11-31-12-14-34)5-6-20(23)21-7-8-24(30)33-25(21)22-9-10-32-35(22)19-4-2-3-17(15-19)26(27,28)29/h2-10,15-16,31H,11-14H2,1H3,(H2,30,33). The zero-order valence-corrected chi connectivity index (χ0v) is 19.6. The third kappa shape index (κ3) is 4.59. The van der Waals surface area contributed by atoms with Crippen molar-refractivity contribution in [3.8, 4) is 34.0 Å². The molecule has 1 aliphatic heterocycles. The van der Waals surface area contributed by atoms with E-state index in [0.717, 1.165) is 55.1 Å². The summed E-state index contributed by atoms with van der Waals surface area (Å²) in [6, 6.07) is 16.2. The number of anilines is 2. The number of methoxy groups -OCH3 is 1. The Balaban J connectivity index is 1.61. The van der Waals surface area contributed by atoms with E-state index in [1.807, 2.05) is 24.3 Å². The fraction of sp³-hybridized carbons (Fsp3) is 0.231. The number of benzene rings is 2. The first-order valence-electron chi connectivity index (χ1n) is 11.5. The first kappa shape index (κ1) is 23.7. The average Bonchev–Trinajstić information content (AvgIpc) is 3.38. The monoisotopic (exact) mass is 494 g/mol. The topological polar surface area (TPSA) is 81.2 Å². The van der Waals surface area contributed by atoms with Crippen LogP contribution in [0.2, 0.25) is 0 Å². The average molecular weight is 495 g/mol. The third-order valence-electron chi connectivity index (χ3n) is 6.18. The van der Waals surface area contributed by atoms with Gasteiger partial charge in [-0.15, -0.1) is 0 Å². The Morgan fingerprint density at radius 1 is 0.944 bits per heavy atom. The Hall–Kier alpha value is -4.05. The van der Waals surface area contributed by atoms with Crippen LogP contribution in [0.25, 0.3) is 28.2 Å². The zero-order chi connectivity index (χ0) is 25.3. The number of nitrogens with one attached hydrogen (secondary N) is 1. The summed E-state index contributed by atoms with van der Waals surface area (Å²) in [6.07, 6.45) is -2.95. The molecule has 4 aromatic rings. The number of pyridine rings is 1. The van der Waals surface area contributed by atoms with E-state index in [2.05, 4.69) is 20.3 Å². The van der Waals surface area contributed by atoms with Crippen molar-refractivity contribution in [1.29, 1.82) is 0 Å². The molecular formula is C26H25F3N6O. The molecule has 1 aliphatic rings. The molecule has 36 heavy (non-hydrogen) atoms. The highest BCUT2D eigenvalue weighted by atomic mass is 19.4. The molecule has 0 radical (unpaired) electrons. The lowest BCUT2D eigenvalue weighted by Gasteiger charge is -2.30. The van der Waals surface area contributed by atoms with Gasteiger partial charge in [0.15, 0.2) is 0 Å². The molecule has 0 unspecified atom stereocenters. The number of nitrogens with zero attached hydrogens (tertiary/aromatic N) is 4. The number of hydrogen-bond acceptors (Lipinski definition) is 6. The van der Waals surface area contributed by atoms with E-state index in [-0.39, 0.29) is 11.5 Å². The molecule has 10 heteroatoms. The molecule has 2 aromatic heterocycles. The van der Waals surface area contributed by atoms with Gasteiger partial charge in [0.2, 0.25) is 0 Å². The molecule has 1 saturated heterocycles. The summed E-state index contributed by atoms with van der Waals surface area (Å²) in [5.41, 5.74) is 9.10. The van der Waals surface area contributed by atoms with E-state index in [4.69, 9.17) is 10.5 Å². The molecule has 5 rings (SSSR count). The van der Waals surface area contributed by atoms with Gasteiger partial charge in [-0.3, -0.25) is 0 Å². The second-order valence-corrected chi connectivity index (χ2v) is 8.43. The third-order valence-corrected chi connectivity index (χ3v) is 6.18. The van der Waals surface area contributed by atoms with Gasteiger partial charge in [-0.25, -0.2) is 9.67 Å². The molecule has 0 aliphatic carbocycles. The Bertz CT molecular complexity index is 1380. The second-order valence-electron chi connectivity index (χ2n) is 8.43. The summed E-state index contributed by atoms with van der Waals surface area (Å²) in [4.78, 5) is 6.84. The Labute approximate surface area is 206 Å². The number of piperazine rings is 1. The lowest BCUT2D eigenvalue weighted by molar-refractivity contribution is -0.137. The number of nitrogen functional groups attached to an aromatic ring is 1. The van der Waals surface area contributed by atoms with Gasteiger partial charge in [-0.1, -0.05) is 6.07 Å². The van der Waals surface area contributed by atoms with Crippen molar-refractivity contribution in [1.82, 2.24) is 20.1 Å². The lowest BCUT2D eigenvalue weighted by atomic mass is 10.00. The summed E-state index contributed by atoms with van der Waals surface area (Å²) >= 11 is 0. The minimum absolute atomic E-state index is 0.265. The van der Waals surface area contributed by atoms with Gasteiger partial charge in [-0.2, -0.15) is 18.3 Å². The van der Waals surface area contributed by atoms with Gasteiger partial charge in [0, 0.05) is 49.1 Å². The molecule has 0 atom stereocenters. The molecule has 0 spiro atoms. The van der Waals surface area contributed by atoms with E-state index >= 15 is 0 Å². The van der Waals surface area contributed by atoms with Crippen molar-refractivity contribution >= 4 is 11.5 Å². The maximum atomic E-state index is 13.3. The number of rotatable bonds is 5. The predicted molar refractivity (Wildman–Crippen MR) is 133 cm³/mol. The van der Waals surface area contributed by atoms with Crippen molar-refractivity contribution < 1.29 is 17.9 Å². The largest absolute Gasteiger partial charge is 0.496 e. The molecule has 3 N–H and O–H groups in total. The van der Waals surface area contributed by atoms with Gasteiger partial charge >= 0.3 is 6.18 Å². The van der Waals surface area contributed by atoms with Crippen LogP contribution in [0.15, 0.2) is 66.9 Å². The van der Waals surface area contributed by atoms with Crippen molar-refractivity contribution in [3.05, 3.63) is 72.4 Å². The zero-order valence-electron chi connectivity index (χ0n) is 19.6. The van der Waals surface area contributed by atoms with Crippen molar-refractivity contribution in [3.63, 3.8) is 0 Å². The van der Waals surface area contributed by atoms with Crippen molar-refractivity contribution in [2.24, 2.45) is 0 Å². The molecule has 0 bridgehead atoms. The van der Waals surface area contributed by atoms with Crippen LogP contribution in [0, 0.1) is 0 Å². The van der Waals surface area contributed by atoms with Crippen LogP contribution in [0.3, 0.4) is 0 Å². The van der Waals surface area contributed by atoms with E-state index in [0.29, 0.717) is 17.1 Å². The number of aromatic nitrogens is 3. The Morgan fingerprint density at radius 2 is 1.72 bits per heavy atom. The van der Waals surface area contributed by atoms with Gasteiger partial charge in [0.25, 0.3) is 0 Å². The highest BCUT2D eigenvalue weighted by Gasteiger charge is 2.31. The Morgan fingerprint density at radius 3 is 2.47 bits per heavy atom. The van der Waals surface area contributed by atoms with E-state index in [9.17, 15) is 13.2 Å². The van der Waals surface area contributed by atoms with Crippen LogP contribution >= 0.6 is 0 Å². The van der Waals surface area contributed by atoms with Crippen molar-refractivity contribution in [2.45, 2.75) is 6.18 Å². The fourth-order valence-corrected chi connectivity index (χ4v) is 4.41. The number of ether oxygens (including phenoxy) is 1. The maximum absolute atomic E-state index is 13.3. The highest BCUT2D eigenvalue weighted by molar-refractivity contribution is 5.85. The molecule has 0 saturated carbocycles. The fourth-order valence-electron chi connectivity index (χ4n) is 4.41. The molecule has 186 valence electrons. The Kier molecular flexibility index (Phi) is 6.27. The van der Waals surface area contributed by atoms with Gasteiger partial charge in [-0.05, 0) is 48.5 Å². The minimum atomic E-state index is -4.47. The van der Waals surface area contributed by atoms with Crippen LogP contribution < -0.4 is 20.7 Å². The SMILES string of the molecule is COc1cc(N2CCNCC2)ccc1-c1ccc(N)nc1-c1ccnn1-c1cccc(C(F)(F)F)c1. The normalized spacial score (nSPS) is 14.2. The quantitative estimate of drug-likeness (QED) is 0.422. The molecule has 3 heterocycles. The molecule has 2 aromatic carbocycles. The summed E-state index contributed by atoms with van der Waals surface area (Å²) in [7, 11) is 1.61. The minimum Gasteiger partial charge on any atom is -0.496 e. The first-order valence-corrected chi connectivity index (χ1v) is 11.5. The van der Waals surface area contributed by atoms with Crippen LogP contribution in [-0.4, -0.2) is 48.1 Å². The van der Waals surface area contributed by atoms with Crippen LogP contribution in [0.4, 0.5) is 24.7 Å². The smallest absolute Gasteiger partial charge is 0.416 e. The summed E-state index contributed by atoms with van der Waals surface area (Å²) in [5.74, 6) is 0.936. The van der Waals surface area contributed by atoms with E-state index in [1.54, 1.807) is 25.3 Å². The van der Waals surface area contributed by atoms with Crippen molar-refractivity contribution in [2.75, 3.05) is 43.9 Å². The summed E-state index contributed by atoms with van der Waals surface area (Å²) < 4.78 is 47.2. The van der Waals surface area contributed by atoms with Crippen LogP contribution in [0.1, 0.15) is 5.56 Å². The van der Waals surface area contributed by atoms with Gasteiger partial charge in [0.05, 0.1) is 35.9 Å². The van der Waals surface area contributed by atoms with Gasteiger partial charge < -0.3 is 20.7 Å². The second kappa shape index (κ2) is 9.54. The number of halogens is 3. The van der Waals surface area contributed by atoms with Crippen LogP contribution in [0.5, 0.6) is 5.75 Å². The number of nitrogens with two attached hydrogens (primary N) is 1. The summed E-state index contributed by atoms with van der Waals surface area (Å²) in [5, 5.41) is 7.64. The molecule has 0 amide bonds. The van der Waals surface area contributed by atoms with E-state index in [1.165, 1.54) is 16.9 Å².